The second-order valence-corrected chi connectivity index (χ2v) is 3.93. The van der Waals surface area contributed by atoms with Gasteiger partial charge in [0.2, 0.25) is 0 Å². The molecule has 3 heteroatoms. The summed E-state index contributed by atoms with van der Waals surface area (Å²) in [7, 11) is 0. The lowest BCUT2D eigenvalue weighted by Crippen LogP contribution is -2.17. The molecule has 2 atom stereocenters. The highest BCUT2D eigenvalue weighted by Crippen LogP contribution is 2.26. The third-order valence-electron chi connectivity index (χ3n) is 2.82. The van der Waals surface area contributed by atoms with Crippen molar-refractivity contribution >= 4 is 0 Å². The van der Waals surface area contributed by atoms with Crippen LogP contribution >= 0.6 is 0 Å². The van der Waals surface area contributed by atoms with E-state index < -0.39 is 0 Å². The Balaban J connectivity index is 2.21. The molecule has 0 aromatic carbocycles. The topological polar surface area (TPSA) is 41.5 Å². The minimum Gasteiger partial charge on any atom is -0.274 e. The van der Waals surface area contributed by atoms with Gasteiger partial charge in [-0.2, -0.15) is 0 Å². The first-order valence-electron chi connectivity index (χ1n) is 4.88. The summed E-state index contributed by atoms with van der Waals surface area (Å²) in [6.45, 7) is 3.09. The van der Waals surface area contributed by atoms with Crippen LogP contribution in [0.4, 0.5) is 0 Å². The Morgan fingerprint density at radius 3 is 2.92 bits per heavy atom. The van der Waals surface area contributed by atoms with Crippen molar-refractivity contribution in [3.63, 3.8) is 0 Å². The number of nitroso groups, excluding NO2 is 1. The van der Waals surface area contributed by atoms with Crippen molar-refractivity contribution < 1.29 is 0 Å². The third kappa shape index (κ3) is 3.20. The molecule has 2 unspecified atom stereocenters. The second kappa shape index (κ2) is 5.12. The zero-order valence-electron chi connectivity index (χ0n) is 7.75. The van der Waals surface area contributed by atoms with Crippen molar-refractivity contribution in [3.05, 3.63) is 4.91 Å². The van der Waals surface area contributed by atoms with Gasteiger partial charge in [0.05, 0.1) is 0 Å². The van der Waals surface area contributed by atoms with E-state index in [4.69, 9.17) is 0 Å². The average Bonchev–Trinajstić information content (AvgIpc) is 2.27. The monoisotopic (exact) mass is 170 g/mol. The molecule has 0 heterocycles. The molecular weight excluding hydrogens is 152 g/mol. The first kappa shape index (κ1) is 9.49. The van der Waals surface area contributed by atoms with Crippen LogP contribution in [0.2, 0.25) is 0 Å². The van der Waals surface area contributed by atoms with Crippen LogP contribution in [0, 0.1) is 16.7 Å². The van der Waals surface area contributed by atoms with Crippen LogP contribution in [0.15, 0.2) is 5.29 Å². The summed E-state index contributed by atoms with van der Waals surface area (Å²) in [5.41, 5.74) is 2.53. The molecule has 0 aliphatic heterocycles. The van der Waals surface area contributed by atoms with Crippen molar-refractivity contribution in [1.82, 2.24) is 5.43 Å². The highest BCUT2D eigenvalue weighted by atomic mass is 16.3. The number of hydrogen-bond donors (Lipinski definition) is 1. The highest BCUT2D eigenvalue weighted by molar-refractivity contribution is 4.69. The first-order chi connectivity index (χ1) is 5.83. The second-order valence-electron chi connectivity index (χ2n) is 3.93. The van der Waals surface area contributed by atoms with Gasteiger partial charge < -0.3 is 0 Å². The Labute approximate surface area is 73.9 Å². The van der Waals surface area contributed by atoms with Gasteiger partial charge in [0.15, 0.2) is 0 Å². The minimum absolute atomic E-state index is 0.674. The summed E-state index contributed by atoms with van der Waals surface area (Å²) < 4.78 is 0. The lowest BCUT2D eigenvalue weighted by molar-refractivity contribution is 0.421. The molecule has 0 radical (unpaired) electrons. The van der Waals surface area contributed by atoms with Gasteiger partial charge in [-0.3, -0.25) is 5.43 Å². The van der Waals surface area contributed by atoms with Crippen LogP contribution in [-0.2, 0) is 0 Å². The predicted molar refractivity (Wildman–Crippen MR) is 49.5 cm³/mol. The standard InChI is InChI=1S/C9H18N2O/c1-8-3-2-4-9(6-5-8)7-10-11-12/h8-9H,2-7H2,1H3,(H,10,12). The Morgan fingerprint density at radius 2 is 2.17 bits per heavy atom. The van der Waals surface area contributed by atoms with Gasteiger partial charge in [0.1, 0.15) is 0 Å². The van der Waals surface area contributed by atoms with Crippen LogP contribution in [0.1, 0.15) is 39.0 Å². The summed E-state index contributed by atoms with van der Waals surface area (Å²) in [5.74, 6) is 1.55. The van der Waals surface area contributed by atoms with Crippen molar-refractivity contribution in [2.75, 3.05) is 6.54 Å². The normalized spacial score (nSPS) is 30.8. The average molecular weight is 170 g/mol. The molecule has 1 aliphatic rings. The van der Waals surface area contributed by atoms with E-state index in [-0.39, 0.29) is 0 Å². The number of nitrogens with zero attached hydrogens (tertiary/aromatic N) is 1. The molecular formula is C9H18N2O. The van der Waals surface area contributed by atoms with Crippen LogP contribution in [0.5, 0.6) is 0 Å². The molecule has 70 valence electrons. The van der Waals surface area contributed by atoms with Crippen molar-refractivity contribution in [3.8, 4) is 0 Å². The molecule has 1 N–H and O–H groups in total. The van der Waals surface area contributed by atoms with E-state index in [0.29, 0.717) is 5.92 Å². The quantitative estimate of drug-likeness (QED) is 0.401. The summed E-state index contributed by atoms with van der Waals surface area (Å²) in [4.78, 5) is 9.84. The number of rotatable bonds is 3. The maximum absolute atomic E-state index is 9.84. The molecule has 0 saturated heterocycles. The fourth-order valence-electron chi connectivity index (χ4n) is 1.93. The van der Waals surface area contributed by atoms with E-state index in [1.807, 2.05) is 0 Å². The van der Waals surface area contributed by atoms with Gasteiger partial charge in [-0.15, -0.1) is 4.91 Å². The first-order valence-corrected chi connectivity index (χ1v) is 4.88. The van der Waals surface area contributed by atoms with Crippen molar-refractivity contribution in [1.29, 1.82) is 0 Å². The largest absolute Gasteiger partial charge is 0.274 e. The smallest absolute Gasteiger partial charge is 0.0496 e. The minimum atomic E-state index is 0.674. The van der Waals surface area contributed by atoms with E-state index >= 15 is 0 Å². The lowest BCUT2D eigenvalue weighted by Gasteiger charge is -2.11. The van der Waals surface area contributed by atoms with Gasteiger partial charge in [0, 0.05) is 11.8 Å². The number of hydrogen-bond acceptors (Lipinski definition) is 2. The molecule has 1 rings (SSSR count). The van der Waals surface area contributed by atoms with Gasteiger partial charge in [0.25, 0.3) is 0 Å². The van der Waals surface area contributed by atoms with E-state index in [9.17, 15) is 4.91 Å². The summed E-state index contributed by atoms with van der Waals surface area (Å²) in [5, 5.41) is 2.68. The maximum Gasteiger partial charge on any atom is 0.0496 e. The molecule has 0 amide bonds. The zero-order valence-corrected chi connectivity index (χ0v) is 7.75. The Bertz CT molecular complexity index is 138. The fourth-order valence-corrected chi connectivity index (χ4v) is 1.93. The third-order valence-corrected chi connectivity index (χ3v) is 2.82. The summed E-state index contributed by atoms with van der Waals surface area (Å²) in [6, 6.07) is 0. The highest BCUT2D eigenvalue weighted by Gasteiger charge is 2.15. The van der Waals surface area contributed by atoms with Crippen LogP contribution in [0.3, 0.4) is 0 Å². The van der Waals surface area contributed by atoms with Gasteiger partial charge in [-0.1, -0.05) is 26.2 Å². The van der Waals surface area contributed by atoms with E-state index in [0.717, 1.165) is 12.5 Å². The number of nitrogens with one attached hydrogen (secondary N) is 1. The fraction of sp³-hybridized carbons (Fsp3) is 1.00. The van der Waals surface area contributed by atoms with Gasteiger partial charge >= 0.3 is 0 Å². The maximum atomic E-state index is 9.84. The Hall–Kier alpha value is -0.600. The zero-order chi connectivity index (χ0) is 8.81. The molecule has 1 aliphatic carbocycles. The van der Waals surface area contributed by atoms with Gasteiger partial charge in [-0.25, -0.2) is 0 Å². The van der Waals surface area contributed by atoms with Crippen molar-refractivity contribution in [2.24, 2.45) is 17.1 Å². The Morgan fingerprint density at radius 1 is 1.33 bits per heavy atom. The SMILES string of the molecule is CC1CCCC(CNN=O)CC1. The Kier molecular flexibility index (Phi) is 4.05. The molecule has 0 spiro atoms. The van der Waals surface area contributed by atoms with Crippen LogP contribution < -0.4 is 5.43 Å². The van der Waals surface area contributed by atoms with E-state index in [1.54, 1.807) is 0 Å². The summed E-state index contributed by atoms with van der Waals surface area (Å²) >= 11 is 0. The molecule has 1 saturated carbocycles. The molecule has 1 fully saturated rings. The summed E-state index contributed by atoms with van der Waals surface area (Å²) in [6.07, 6.45) is 6.49. The van der Waals surface area contributed by atoms with E-state index in [2.05, 4.69) is 17.6 Å². The predicted octanol–water partition coefficient (Wildman–Crippen LogP) is 2.47. The van der Waals surface area contributed by atoms with Crippen LogP contribution in [-0.4, -0.2) is 6.54 Å². The molecule has 0 bridgehead atoms. The van der Waals surface area contributed by atoms with Crippen molar-refractivity contribution in [2.45, 2.75) is 39.0 Å². The molecule has 0 aromatic heterocycles. The molecule has 0 aromatic rings. The van der Waals surface area contributed by atoms with Crippen LogP contribution in [0.25, 0.3) is 0 Å². The van der Waals surface area contributed by atoms with Gasteiger partial charge in [-0.05, 0) is 24.7 Å². The molecule has 3 nitrogen and oxygen atoms in total. The lowest BCUT2D eigenvalue weighted by atomic mass is 9.99. The van der Waals surface area contributed by atoms with E-state index in [1.165, 1.54) is 32.1 Å². The molecule has 12 heavy (non-hydrogen) atoms.